The summed E-state index contributed by atoms with van der Waals surface area (Å²) in [5.74, 6) is 0. The second-order valence-electron chi connectivity index (χ2n) is 4.02. The van der Waals surface area contributed by atoms with Crippen molar-refractivity contribution in [2.75, 3.05) is 19.6 Å². The van der Waals surface area contributed by atoms with Gasteiger partial charge < -0.3 is 9.80 Å². The van der Waals surface area contributed by atoms with Crippen molar-refractivity contribution >= 4 is 11.7 Å². The van der Waals surface area contributed by atoms with Crippen LogP contribution in [0.15, 0.2) is 18.5 Å². The molecule has 0 aliphatic carbocycles. The molecular formula is C10H13N5O. The summed E-state index contributed by atoms with van der Waals surface area (Å²) in [5, 5.41) is 7.74. The van der Waals surface area contributed by atoms with Gasteiger partial charge in [0.2, 0.25) is 0 Å². The molecule has 1 atom stereocenters. The summed E-state index contributed by atoms with van der Waals surface area (Å²) < 4.78 is 1.73. The number of urea groups is 1. The van der Waals surface area contributed by atoms with Crippen LogP contribution in [-0.2, 0) is 0 Å². The van der Waals surface area contributed by atoms with E-state index in [0.717, 1.165) is 18.8 Å². The molecule has 1 fully saturated rings. The Labute approximate surface area is 93.1 Å². The topological polar surface area (TPSA) is 54.3 Å². The van der Waals surface area contributed by atoms with Crippen LogP contribution in [0.2, 0.25) is 0 Å². The number of fused-ring (bicyclic) bond motifs is 2. The molecule has 6 heteroatoms. The summed E-state index contributed by atoms with van der Waals surface area (Å²) in [6.07, 6.45) is 5.56. The lowest BCUT2D eigenvalue weighted by molar-refractivity contribution is 0.196. The van der Waals surface area contributed by atoms with Crippen LogP contribution in [0.1, 0.15) is 6.92 Å². The van der Waals surface area contributed by atoms with Crippen LogP contribution in [0.5, 0.6) is 0 Å². The van der Waals surface area contributed by atoms with Crippen molar-refractivity contribution in [1.82, 2.24) is 24.8 Å². The maximum absolute atomic E-state index is 11.9. The first-order chi connectivity index (χ1) is 7.79. The molecule has 16 heavy (non-hydrogen) atoms. The SMILES string of the molecule is CCN1C(=O)N2CC(n3ccnn3)=C[C@@H]1C2. The minimum atomic E-state index is 0.124. The minimum absolute atomic E-state index is 0.124. The molecule has 0 aromatic carbocycles. The van der Waals surface area contributed by atoms with Crippen molar-refractivity contribution in [3.63, 3.8) is 0 Å². The Hall–Kier alpha value is -1.85. The lowest BCUT2D eigenvalue weighted by Crippen LogP contribution is -2.32. The maximum atomic E-state index is 11.9. The van der Waals surface area contributed by atoms with Gasteiger partial charge in [-0.25, -0.2) is 9.48 Å². The van der Waals surface area contributed by atoms with E-state index >= 15 is 0 Å². The highest BCUT2D eigenvalue weighted by Crippen LogP contribution is 2.25. The smallest absolute Gasteiger partial charge is 0.317 e. The predicted octanol–water partition coefficient (Wildman–Crippen LogP) is 0.259. The fraction of sp³-hybridized carbons (Fsp3) is 0.500. The Morgan fingerprint density at radius 3 is 3.12 bits per heavy atom. The zero-order valence-electron chi connectivity index (χ0n) is 9.08. The van der Waals surface area contributed by atoms with Crippen LogP contribution in [0.25, 0.3) is 5.70 Å². The molecule has 1 aromatic heterocycles. The van der Waals surface area contributed by atoms with Crippen molar-refractivity contribution < 1.29 is 4.79 Å². The second-order valence-corrected chi connectivity index (χ2v) is 4.02. The summed E-state index contributed by atoms with van der Waals surface area (Å²) in [7, 11) is 0. The molecule has 1 saturated heterocycles. The van der Waals surface area contributed by atoms with Gasteiger partial charge in [0.25, 0.3) is 0 Å². The van der Waals surface area contributed by atoms with Gasteiger partial charge >= 0.3 is 6.03 Å². The van der Waals surface area contributed by atoms with Crippen LogP contribution in [0, 0.1) is 0 Å². The second kappa shape index (κ2) is 3.33. The Morgan fingerprint density at radius 1 is 1.56 bits per heavy atom. The highest BCUT2D eigenvalue weighted by atomic mass is 16.2. The van der Waals surface area contributed by atoms with E-state index in [1.165, 1.54) is 0 Å². The largest absolute Gasteiger partial charge is 0.320 e. The average Bonchev–Trinajstić information content (AvgIpc) is 2.88. The van der Waals surface area contributed by atoms with Gasteiger partial charge in [0.1, 0.15) is 0 Å². The Bertz CT molecular complexity index is 438. The molecule has 6 nitrogen and oxygen atoms in total. The van der Waals surface area contributed by atoms with Gasteiger partial charge in [-0.2, -0.15) is 0 Å². The van der Waals surface area contributed by atoms with Gasteiger partial charge in [-0.05, 0) is 13.0 Å². The van der Waals surface area contributed by atoms with Crippen LogP contribution in [0.4, 0.5) is 4.79 Å². The molecule has 84 valence electrons. The van der Waals surface area contributed by atoms with Crippen molar-refractivity contribution in [3.05, 3.63) is 18.5 Å². The molecule has 0 spiro atoms. The van der Waals surface area contributed by atoms with Crippen molar-refractivity contribution in [3.8, 4) is 0 Å². The quantitative estimate of drug-likeness (QED) is 0.717. The van der Waals surface area contributed by atoms with Crippen LogP contribution in [-0.4, -0.2) is 56.5 Å². The van der Waals surface area contributed by atoms with E-state index < -0.39 is 0 Å². The first-order valence-electron chi connectivity index (χ1n) is 5.42. The molecule has 0 radical (unpaired) electrons. The third-order valence-corrected chi connectivity index (χ3v) is 3.12. The lowest BCUT2D eigenvalue weighted by Gasteiger charge is -2.21. The number of amides is 2. The summed E-state index contributed by atoms with van der Waals surface area (Å²) in [5.41, 5.74) is 1.03. The Morgan fingerprint density at radius 2 is 2.44 bits per heavy atom. The standard InChI is InChI=1S/C10H13N5O/c1-2-14-8-5-9(15-4-3-11-12-15)7-13(6-8)10(14)16/h3-5,8H,2,6-7H2,1H3/t8-/m1/s1. The molecule has 1 aromatic rings. The molecular weight excluding hydrogens is 206 g/mol. The zero-order chi connectivity index (χ0) is 11.1. The highest BCUT2D eigenvalue weighted by Gasteiger charge is 2.38. The number of carbonyl (C=O) groups is 1. The first kappa shape index (κ1) is 9.38. The monoisotopic (exact) mass is 219 g/mol. The lowest BCUT2D eigenvalue weighted by atomic mass is 10.1. The number of carbonyl (C=O) groups excluding carboxylic acids is 1. The zero-order valence-corrected chi connectivity index (χ0v) is 9.08. The average molecular weight is 219 g/mol. The van der Waals surface area contributed by atoms with Gasteiger partial charge in [0, 0.05) is 13.1 Å². The molecule has 3 heterocycles. The van der Waals surface area contributed by atoms with Gasteiger partial charge in [0.15, 0.2) is 0 Å². The van der Waals surface area contributed by atoms with Crippen LogP contribution >= 0.6 is 0 Å². The molecule has 2 aliphatic rings. The van der Waals surface area contributed by atoms with E-state index in [4.69, 9.17) is 0 Å². The first-order valence-corrected chi connectivity index (χ1v) is 5.42. The van der Waals surface area contributed by atoms with E-state index in [-0.39, 0.29) is 12.1 Å². The molecule has 0 N–H and O–H groups in total. The number of hydrogen-bond acceptors (Lipinski definition) is 3. The minimum Gasteiger partial charge on any atom is -0.317 e. The fourth-order valence-corrected chi connectivity index (χ4v) is 2.35. The highest BCUT2D eigenvalue weighted by molar-refractivity contribution is 5.81. The summed E-state index contributed by atoms with van der Waals surface area (Å²) in [6.45, 7) is 4.17. The van der Waals surface area contributed by atoms with E-state index in [1.807, 2.05) is 16.7 Å². The molecule has 2 bridgehead atoms. The maximum Gasteiger partial charge on any atom is 0.320 e. The summed E-state index contributed by atoms with van der Waals surface area (Å²) >= 11 is 0. The van der Waals surface area contributed by atoms with Gasteiger partial charge in [-0.3, -0.25) is 0 Å². The molecule has 3 rings (SSSR count). The molecule has 0 saturated carbocycles. The molecule has 2 aliphatic heterocycles. The molecule has 2 amide bonds. The van der Waals surface area contributed by atoms with Crippen LogP contribution < -0.4 is 0 Å². The van der Waals surface area contributed by atoms with E-state index in [0.29, 0.717) is 6.54 Å². The van der Waals surface area contributed by atoms with Crippen molar-refractivity contribution in [1.29, 1.82) is 0 Å². The third-order valence-electron chi connectivity index (χ3n) is 3.12. The molecule has 0 unspecified atom stereocenters. The predicted molar refractivity (Wildman–Crippen MR) is 57.4 cm³/mol. The number of likely N-dealkylation sites (N-methyl/N-ethyl adjacent to an activating group) is 1. The summed E-state index contributed by atoms with van der Waals surface area (Å²) in [6, 6.07) is 0.310. The van der Waals surface area contributed by atoms with Crippen molar-refractivity contribution in [2.24, 2.45) is 0 Å². The number of aromatic nitrogens is 3. The Balaban J connectivity index is 1.93. The van der Waals surface area contributed by atoms with E-state index in [9.17, 15) is 4.79 Å². The van der Waals surface area contributed by atoms with Crippen LogP contribution in [0.3, 0.4) is 0 Å². The fourth-order valence-electron chi connectivity index (χ4n) is 2.35. The van der Waals surface area contributed by atoms with Gasteiger partial charge in [0.05, 0.1) is 30.7 Å². The van der Waals surface area contributed by atoms with E-state index in [1.54, 1.807) is 17.1 Å². The van der Waals surface area contributed by atoms with Gasteiger partial charge in [-0.1, -0.05) is 5.21 Å². The van der Waals surface area contributed by atoms with E-state index in [2.05, 4.69) is 16.4 Å². The van der Waals surface area contributed by atoms with Crippen molar-refractivity contribution in [2.45, 2.75) is 13.0 Å². The number of hydrogen-bond donors (Lipinski definition) is 0. The number of nitrogens with zero attached hydrogens (tertiary/aromatic N) is 5. The summed E-state index contributed by atoms with van der Waals surface area (Å²) in [4.78, 5) is 15.6. The van der Waals surface area contributed by atoms with Gasteiger partial charge in [-0.15, -0.1) is 5.10 Å². The number of rotatable bonds is 2. The Kier molecular flexibility index (Phi) is 1.95. The normalized spacial score (nSPS) is 23.9. The third kappa shape index (κ3) is 1.22.